The van der Waals surface area contributed by atoms with Crippen LogP contribution in [0.4, 0.5) is 5.13 Å². The van der Waals surface area contributed by atoms with E-state index in [-0.39, 0.29) is 24.8 Å². The molecule has 1 aromatic heterocycles. The average molecular weight is 313 g/mol. The van der Waals surface area contributed by atoms with Gasteiger partial charge in [0, 0.05) is 43.3 Å². The number of aromatic nitrogens is 1. The van der Waals surface area contributed by atoms with Crippen molar-refractivity contribution in [3.63, 3.8) is 0 Å². The molecular formula is C11H22Cl2N4S. The van der Waals surface area contributed by atoms with Gasteiger partial charge >= 0.3 is 0 Å². The molecule has 4 nitrogen and oxygen atoms in total. The zero-order chi connectivity index (χ0) is 11.4. The summed E-state index contributed by atoms with van der Waals surface area (Å²) < 4.78 is 0. The van der Waals surface area contributed by atoms with Crippen molar-refractivity contribution < 1.29 is 0 Å². The van der Waals surface area contributed by atoms with Gasteiger partial charge in [0.15, 0.2) is 5.13 Å². The van der Waals surface area contributed by atoms with Crippen LogP contribution in [0.25, 0.3) is 0 Å². The third-order valence-corrected chi connectivity index (χ3v) is 3.84. The Morgan fingerprint density at radius 1 is 1.56 bits per heavy atom. The minimum atomic E-state index is 0. The van der Waals surface area contributed by atoms with Crippen molar-refractivity contribution in [1.82, 2.24) is 15.2 Å². The molecule has 3 N–H and O–H groups in total. The number of nitrogen functional groups attached to an aromatic ring is 1. The summed E-state index contributed by atoms with van der Waals surface area (Å²) in [6, 6.07) is 0.669. The van der Waals surface area contributed by atoms with Gasteiger partial charge in [-0.05, 0) is 6.42 Å². The molecule has 0 saturated carbocycles. The van der Waals surface area contributed by atoms with Crippen LogP contribution < -0.4 is 11.1 Å². The van der Waals surface area contributed by atoms with Gasteiger partial charge in [0.25, 0.3) is 0 Å². The van der Waals surface area contributed by atoms with E-state index >= 15 is 0 Å². The maximum absolute atomic E-state index is 5.65. The van der Waals surface area contributed by atoms with Crippen LogP contribution in [0.3, 0.4) is 0 Å². The predicted octanol–water partition coefficient (Wildman–Crippen LogP) is 2.14. The first-order valence-corrected chi connectivity index (χ1v) is 6.76. The Labute approximate surface area is 125 Å². The Bertz CT molecular complexity index is 333. The lowest BCUT2D eigenvalue weighted by molar-refractivity contribution is 0.145. The van der Waals surface area contributed by atoms with Gasteiger partial charge in [-0.25, -0.2) is 4.98 Å². The first-order valence-electron chi connectivity index (χ1n) is 5.94. The molecule has 0 spiro atoms. The molecule has 0 bridgehead atoms. The summed E-state index contributed by atoms with van der Waals surface area (Å²) in [7, 11) is 0. The van der Waals surface area contributed by atoms with Crippen molar-refractivity contribution in [1.29, 1.82) is 0 Å². The molecule has 1 fully saturated rings. The summed E-state index contributed by atoms with van der Waals surface area (Å²) in [6.45, 7) is 6.58. The van der Waals surface area contributed by atoms with Crippen LogP contribution in [-0.4, -0.2) is 35.6 Å². The Morgan fingerprint density at radius 2 is 2.33 bits per heavy atom. The second-order valence-electron chi connectivity index (χ2n) is 4.28. The van der Waals surface area contributed by atoms with Crippen molar-refractivity contribution in [2.75, 3.05) is 25.4 Å². The number of anilines is 1. The molecule has 1 aromatic rings. The van der Waals surface area contributed by atoms with Gasteiger partial charge in [0.2, 0.25) is 0 Å². The fourth-order valence-corrected chi connectivity index (χ4v) is 2.93. The SMILES string of the molecule is CCCC1CNCCN1Cc1cnc(N)s1.Cl.Cl. The third-order valence-electron chi connectivity index (χ3n) is 3.02. The Kier molecular flexibility index (Phi) is 8.90. The van der Waals surface area contributed by atoms with E-state index < -0.39 is 0 Å². The van der Waals surface area contributed by atoms with Gasteiger partial charge in [0.1, 0.15) is 0 Å². The molecule has 0 aliphatic carbocycles. The van der Waals surface area contributed by atoms with Crippen molar-refractivity contribution in [2.24, 2.45) is 0 Å². The van der Waals surface area contributed by atoms with Crippen LogP contribution in [0.2, 0.25) is 0 Å². The molecule has 0 aromatic carbocycles. The highest BCUT2D eigenvalue weighted by Gasteiger charge is 2.21. The Morgan fingerprint density at radius 3 is 2.94 bits per heavy atom. The van der Waals surface area contributed by atoms with Crippen molar-refractivity contribution in [3.05, 3.63) is 11.1 Å². The normalized spacial score (nSPS) is 19.9. The first-order chi connectivity index (χ1) is 7.79. The molecule has 0 amide bonds. The van der Waals surface area contributed by atoms with E-state index in [0.29, 0.717) is 11.2 Å². The molecule has 18 heavy (non-hydrogen) atoms. The fourth-order valence-electron chi connectivity index (χ4n) is 2.22. The van der Waals surface area contributed by atoms with Crippen molar-refractivity contribution in [3.8, 4) is 0 Å². The summed E-state index contributed by atoms with van der Waals surface area (Å²) in [5, 5.41) is 4.14. The second-order valence-corrected chi connectivity index (χ2v) is 5.43. The number of rotatable bonds is 4. The van der Waals surface area contributed by atoms with E-state index in [0.717, 1.165) is 26.2 Å². The van der Waals surface area contributed by atoms with E-state index in [9.17, 15) is 0 Å². The summed E-state index contributed by atoms with van der Waals surface area (Å²) >= 11 is 1.61. The Balaban J connectivity index is 0.00000144. The lowest BCUT2D eigenvalue weighted by Crippen LogP contribution is -2.50. The fraction of sp³-hybridized carbons (Fsp3) is 0.727. The van der Waals surface area contributed by atoms with Gasteiger partial charge in [-0.1, -0.05) is 13.3 Å². The molecule has 2 rings (SSSR count). The number of nitrogens with one attached hydrogen (secondary N) is 1. The largest absolute Gasteiger partial charge is 0.375 e. The first kappa shape index (κ1) is 17.9. The number of halogens is 2. The second kappa shape index (κ2) is 8.93. The molecule has 2 heterocycles. The molecular weight excluding hydrogens is 291 g/mol. The maximum Gasteiger partial charge on any atom is 0.180 e. The van der Waals surface area contributed by atoms with E-state index in [1.807, 2.05) is 6.20 Å². The van der Waals surface area contributed by atoms with Crippen molar-refractivity contribution in [2.45, 2.75) is 32.4 Å². The molecule has 1 aliphatic rings. The number of thiazole rings is 1. The minimum absolute atomic E-state index is 0. The smallest absolute Gasteiger partial charge is 0.180 e. The van der Waals surface area contributed by atoms with Crippen LogP contribution in [0.5, 0.6) is 0 Å². The topological polar surface area (TPSA) is 54.2 Å². The molecule has 1 atom stereocenters. The molecule has 1 aliphatic heterocycles. The van der Waals surface area contributed by atoms with Crippen LogP contribution in [0.15, 0.2) is 6.20 Å². The third kappa shape index (κ3) is 4.90. The summed E-state index contributed by atoms with van der Waals surface area (Å²) in [6.07, 6.45) is 4.42. The zero-order valence-corrected chi connectivity index (χ0v) is 13.0. The Hall–Kier alpha value is -0.0700. The number of nitrogens with two attached hydrogens (primary N) is 1. The molecule has 1 unspecified atom stereocenters. The maximum atomic E-state index is 5.65. The number of hydrogen-bond acceptors (Lipinski definition) is 5. The van der Waals surface area contributed by atoms with Gasteiger partial charge in [-0.3, -0.25) is 4.90 Å². The van der Waals surface area contributed by atoms with Crippen LogP contribution in [-0.2, 0) is 6.54 Å². The van der Waals surface area contributed by atoms with Gasteiger partial charge in [-0.15, -0.1) is 36.2 Å². The summed E-state index contributed by atoms with van der Waals surface area (Å²) in [5.41, 5.74) is 5.65. The van der Waals surface area contributed by atoms with Gasteiger partial charge < -0.3 is 11.1 Å². The molecule has 7 heteroatoms. The lowest BCUT2D eigenvalue weighted by Gasteiger charge is -2.35. The molecule has 0 radical (unpaired) electrons. The number of nitrogens with zero attached hydrogens (tertiary/aromatic N) is 2. The van der Waals surface area contributed by atoms with E-state index in [4.69, 9.17) is 5.73 Å². The lowest BCUT2D eigenvalue weighted by atomic mass is 10.1. The quantitative estimate of drug-likeness (QED) is 0.894. The van der Waals surface area contributed by atoms with Crippen LogP contribution in [0.1, 0.15) is 24.6 Å². The van der Waals surface area contributed by atoms with E-state index in [1.54, 1.807) is 11.3 Å². The highest BCUT2D eigenvalue weighted by Crippen LogP contribution is 2.19. The number of piperazine rings is 1. The monoisotopic (exact) mass is 312 g/mol. The summed E-state index contributed by atoms with van der Waals surface area (Å²) in [5.74, 6) is 0. The standard InChI is InChI=1S/C11H20N4S.2ClH/c1-2-3-9-6-13-4-5-15(9)8-10-7-14-11(12)16-10;;/h7,9,13H,2-6,8H2,1H3,(H2,12,14);2*1H. The predicted molar refractivity (Wildman–Crippen MR) is 83.0 cm³/mol. The van der Waals surface area contributed by atoms with Crippen molar-refractivity contribution >= 4 is 41.3 Å². The minimum Gasteiger partial charge on any atom is -0.375 e. The number of hydrogen-bond donors (Lipinski definition) is 2. The van der Waals surface area contributed by atoms with Crippen LogP contribution in [0, 0.1) is 0 Å². The molecule has 106 valence electrons. The average Bonchev–Trinajstić information content (AvgIpc) is 2.67. The zero-order valence-electron chi connectivity index (χ0n) is 10.6. The highest BCUT2D eigenvalue weighted by atomic mass is 35.5. The van der Waals surface area contributed by atoms with Crippen LogP contribution >= 0.6 is 36.2 Å². The highest BCUT2D eigenvalue weighted by molar-refractivity contribution is 7.15. The van der Waals surface area contributed by atoms with Gasteiger partial charge in [-0.2, -0.15) is 0 Å². The summed E-state index contributed by atoms with van der Waals surface area (Å²) in [4.78, 5) is 7.93. The van der Waals surface area contributed by atoms with Gasteiger partial charge in [0.05, 0.1) is 0 Å². The molecule has 1 saturated heterocycles. The van der Waals surface area contributed by atoms with E-state index in [2.05, 4.69) is 22.1 Å². The van der Waals surface area contributed by atoms with E-state index in [1.165, 1.54) is 17.7 Å².